The molecule has 0 aromatic heterocycles. The van der Waals surface area contributed by atoms with Crippen LogP contribution in [0.3, 0.4) is 0 Å². The lowest BCUT2D eigenvalue weighted by Gasteiger charge is -2.10. The largest absolute Gasteiger partial charge is 0.103 e. The summed E-state index contributed by atoms with van der Waals surface area (Å²) in [5.74, 6) is 0.507. The van der Waals surface area contributed by atoms with E-state index in [1.54, 1.807) is 0 Å². The van der Waals surface area contributed by atoms with Crippen LogP contribution in [0, 0.1) is 5.92 Å². The summed E-state index contributed by atoms with van der Waals surface area (Å²) < 4.78 is 0. The molecule has 0 spiro atoms. The molecule has 0 saturated heterocycles. The van der Waals surface area contributed by atoms with Gasteiger partial charge in [-0.3, -0.25) is 0 Å². The maximum Gasteiger partial charge on any atom is 0.00114 e. The first-order chi connectivity index (χ1) is 6.61. The molecule has 14 heavy (non-hydrogen) atoms. The Hall–Kier alpha value is -1.04. The van der Waals surface area contributed by atoms with Gasteiger partial charge in [0.15, 0.2) is 0 Å². The summed E-state index contributed by atoms with van der Waals surface area (Å²) in [6, 6.07) is 0. The van der Waals surface area contributed by atoms with Crippen molar-refractivity contribution in [3.05, 3.63) is 48.1 Å². The highest BCUT2D eigenvalue weighted by Gasteiger charge is 2.02. The second-order valence-electron chi connectivity index (χ2n) is 3.81. The van der Waals surface area contributed by atoms with Gasteiger partial charge in [0.05, 0.1) is 0 Å². The molecule has 1 atom stereocenters. The van der Waals surface area contributed by atoms with E-state index in [4.69, 9.17) is 0 Å². The summed E-state index contributed by atoms with van der Waals surface area (Å²) in [5.41, 5.74) is 2.73. The van der Waals surface area contributed by atoms with E-state index >= 15 is 0 Å². The molecule has 0 heterocycles. The summed E-state index contributed by atoms with van der Waals surface area (Å²) >= 11 is 0. The third-order valence-corrected chi connectivity index (χ3v) is 2.11. The molecule has 1 unspecified atom stereocenters. The zero-order chi connectivity index (χ0) is 11.0. The van der Waals surface area contributed by atoms with Gasteiger partial charge in [0.25, 0.3) is 0 Å². The van der Waals surface area contributed by atoms with Crippen molar-refractivity contribution < 1.29 is 0 Å². The van der Waals surface area contributed by atoms with E-state index in [-0.39, 0.29) is 0 Å². The molecule has 0 bridgehead atoms. The summed E-state index contributed by atoms with van der Waals surface area (Å²) in [6.45, 7) is 12.2. The molecule has 0 rings (SSSR count). The maximum atomic E-state index is 3.78. The third kappa shape index (κ3) is 5.58. The van der Waals surface area contributed by atoms with Crippen molar-refractivity contribution in [2.45, 2.75) is 34.1 Å². The van der Waals surface area contributed by atoms with E-state index in [9.17, 15) is 0 Å². The van der Waals surface area contributed by atoms with Gasteiger partial charge in [0.2, 0.25) is 0 Å². The Morgan fingerprint density at radius 2 is 1.86 bits per heavy atom. The number of rotatable bonds is 5. The SMILES string of the molecule is C=CCC(/C=C\C)/C(C)=C/C=C(C)C. The lowest BCUT2D eigenvalue weighted by Crippen LogP contribution is -1.96. The highest BCUT2D eigenvalue weighted by atomic mass is 14.1. The van der Waals surface area contributed by atoms with Crippen molar-refractivity contribution in [3.63, 3.8) is 0 Å². The van der Waals surface area contributed by atoms with Crippen LogP contribution in [-0.2, 0) is 0 Å². The van der Waals surface area contributed by atoms with Crippen LogP contribution in [0.2, 0.25) is 0 Å². The average molecular weight is 190 g/mol. The van der Waals surface area contributed by atoms with Gasteiger partial charge in [-0.05, 0) is 34.1 Å². The summed E-state index contributed by atoms with van der Waals surface area (Å²) in [6.07, 6.45) is 11.7. The van der Waals surface area contributed by atoms with E-state index in [0.717, 1.165) is 6.42 Å². The highest BCUT2D eigenvalue weighted by Crippen LogP contribution is 2.17. The smallest absolute Gasteiger partial charge is 0.00114 e. The Kier molecular flexibility index (Phi) is 6.82. The van der Waals surface area contributed by atoms with Crippen molar-refractivity contribution in [3.8, 4) is 0 Å². The summed E-state index contributed by atoms with van der Waals surface area (Å²) in [4.78, 5) is 0. The zero-order valence-corrected chi connectivity index (χ0v) is 9.88. The molecule has 0 nitrogen and oxygen atoms in total. The lowest BCUT2D eigenvalue weighted by molar-refractivity contribution is 0.774. The fourth-order valence-electron chi connectivity index (χ4n) is 1.25. The fraction of sp³-hybridized carbons (Fsp3) is 0.429. The van der Waals surface area contributed by atoms with Crippen molar-refractivity contribution >= 4 is 0 Å². The van der Waals surface area contributed by atoms with Crippen LogP contribution in [-0.4, -0.2) is 0 Å². The van der Waals surface area contributed by atoms with Crippen LogP contribution in [0.25, 0.3) is 0 Å². The maximum absolute atomic E-state index is 3.78. The van der Waals surface area contributed by atoms with Crippen molar-refractivity contribution in [1.29, 1.82) is 0 Å². The van der Waals surface area contributed by atoms with Gasteiger partial charge in [-0.1, -0.05) is 41.5 Å². The predicted molar refractivity (Wildman–Crippen MR) is 66.3 cm³/mol. The number of allylic oxidation sites excluding steroid dienone is 7. The van der Waals surface area contributed by atoms with E-state index in [2.05, 4.69) is 58.6 Å². The first kappa shape index (κ1) is 13.0. The van der Waals surface area contributed by atoms with Crippen LogP contribution >= 0.6 is 0 Å². The van der Waals surface area contributed by atoms with E-state index in [0.29, 0.717) is 5.92 Å². The van der Waals surface area contributed by atoms with Crippen LogP contribution in [0.5, 0.6) is 0 Å². The second kappa shape index (κ2) is 7.37. The second-order valence-corrected chi connectivity index (χ2v) is 3.81. The minimum Gasteiger partial charge on any atom is -0.103 e. The third-order valence-electron chi connectivity index (χ3n) is 2.11. The van der Waals surface area contributed by atoms with Gasteiger partial charge in [-0.15, -0.1) is 6.58 Å². The number of hydrogen-bond acceptors (Lipinski definition) is 0. The molecule has 0 N–H and O–H groups in total. The normalized spacial score (nSPS) is 14.1. The van der Waals surface area contributed by atoms with Gasteiger partial charge in [-0.25, -0.2) is 0 Å². The summed E-state index contributed by atoms with van der Waals surface area (Å²) in [5, 5.41) is 0. The molecule has 0 aliphatic heterocycles. The minimum absolute atomic E-state index is 0.507. The Labute approximate surface area is 88.7 Å². The van der Waals surface area contributed by atoms with E-state index in [1.165, 1.54) is 11.1 Å². The zero-order valence-electron chi connectivity index (χ0n) is 9.88. The first-order valence-corrected chi connectivity index (χ1v) is 5.17. The van der Waals surface area contributed by atoms with Crippen LogP contribution in [0.1, 0.15) is 34.1 Å². The molecule has 78 valence electrons. The van der Waals surface area contributed by atoms with Gasteiger partial charge in [0, 0.05) is 5.92 Å². The predicted octanol–water partition coefficient (Wildman–Crippen LogP) is 4.67. The molecule has 0 aromatic carbocycles. The van der Waals surface area contributed by atoms with Crippen LogP contribution < -0.4 is 0 Å². The van der Waals surface area contributed by atoms with Gasteiger partial charge in [-0.2, -0.15) is 0 Å². The minimum atomic E-state index is 0.507. The molecule has 0 aromatic rings. The van der Waals surface area contributed by atoms with Crippen molar-refractivity contribution in [1.82, 2.24) is 0 Å². The van der Waals surface area contributed by atoms with E-state index < -0.39 is 0 Å². The molecule has 0 aliphatic carbocycles. The molecule has 0 heteroatoms. The Balaban J connectivity index is 4.57. The van der Waals surface area contributed by atoms with Gasteiger partial charge >= 0.3 is 0 Å². The van der Waals surface area contributed by atoms with Gasteiger partial charge in [0.1, 0.15) is 0 Å². The Morgan fingerprint density at radius 3 is 2.29 bits per heavy atom. The molecular formula is C14H22. The standard InChI is InChI=1S/C14H22/c1-6-8-14(9-7-2)13(5)11-10-12(3)4/h6-7,9-11,14H,1,8H2,2-5H3/b9-7-,13-11+. The van der Waals surface area contributed by atoms with Crippen molar-refractivity contribution in [2.24, 2.45) is 5.92 Å². The highest BCUT2D eigenvalue weighted by molar-refractivity contribution is 5.20. The molecule has 0 amide bonds. The topological polar surface area (TPSA) is 0 Å². The Morgan fingerprint density at radius 1 is 1.21 bits per heavy atom. The van der Waals surface area contributed by atoms with Crippen LogP contribution in [0.15, 0.2) is 48.1 Å². The number of hydrogen-bond donors (Lipinski definition) is 0. The van der Waals surface area contributed by atoms with Crippen molar-refractivity contribution in [2.75, 3.05) is 0 Å². The fourth-order valence-corrected chi connectivity index (χ4v) is 1.25. The molecular weight excluding hydrogens is 168 g/mol. The van der Waals surface area contributed by atoms with E-state index in [1.807, 2.05) is 6.08 Å². The first-order valence-electron chi connectivity index (χ1n) is 5.17. The van der Waals surface area contributed by atoms with Gasteiger partial charge < -0.3 is 0 Å². The summed E-state index contributed by atoms with van der Waals surface area (Å²) in [7, 11) is 0. The molecule has 0 fully saturated rings. The monoisotopic (exact) mass is 190 g/mol. The molecule has 0 aliphatic rings. The quantitative estimate of drug-likeness (QED) is 0.436. The van der Waals surface area contributed by atoms with Crippen LogP contribution in [0.4, 0.5) is 0 Å². The molecule has 0 radical (unpaired) electrons. The average Bonchev–Trinajstić information content (AvgIpc) is 2.14. The Bertz CT molecular complexity index is 247. The lowest BCUT2D eigenvalue weighted by atomic mass is 9.95. The molecule has 0 saturated carbocycles.